The molecule has 134 valence electrons. The van der Waals surface area contributed by atoms with Crippen LogP contribution in [-0.2, 0) is 16.4 Å². The van der Waals surface area contributed by atoms with E-state index in [9.17, 15) is 17.2 Å². The van der Waals surface area contributed by atoms with Crippen molar-refractivity contribution in [3.8, 4) is 5.69 Å². The van der Waals surface area contributed by atoms with Crippen LogP contribution in [0.5, 0.6) is 0 Å². The maximum Gasteiger partial charge on any atom is 0.264 e. The van der Waals surface area contributed by atoms with Crippen molar-refractivity contribution in [3.05, 3.63) is 59.9 Å². The molecule has 0 fully saturated rings. The van der Waals surface area contributed by atoms with E-state index in [1.807, 2.05) is 0 Å². The van der Waals surface area contributed by atoms with Crippen molar-refractivity contribution in [3.63, 3.8) is 0 Å². The van der Waals surface area contributed by atoms with Crippen LogP contribution in [0, 0.1) is 11.6 Å². The molecule has 3 aromatic rings. The second-order valence-corrected chi connectivity index (χ2v) is 7.69. The summed E-state index contributed by atoms with van der Waals surface area (Å²) in [6, 6.07) is 7.90. The number of tetrazole rings is 1. The molecule has 0 amide bonds. The van der Waals surface area contributed by atoms with E-state index in [1.54, 1.807) is 12.1 Å². The van der Waals surface area contributed by atoms with Gasteiger partial charge in [0, 0.05) is 12.6 Å². The first kappa shape index (κ1) is 16.6. The lowest BCUT2D eigenvalue weighted by molar-refractivity contribution is 0.561. The number of aryl methyl sites for hydroxylation is 1. The maximum absolute atomic E-state index is 14.4. The van der Waals surface area contributed by atoms with Gasteiger partial charge in [0.1, 0.15) is 12.1 Å². The van der Waals surface area contributed by atoms with Gasteiger partial charge in [-0.1, -0.05) is 6.07 Å². The van der Waals surface area contributed by atoms with Gasteiger partial charge in [0.2, 0.25) is 0 Å². The van der Waals surface area contributed by atoms with E-state index in [0.29, 0.717) is 30.2 Å². The molecule has 0 spiro atoms. The Bertz CT molecular complexity index is 1070. The summed E-state index contributed by atoms with van der Waals surface area (Å²) in [4.78, 5) is -0.0259. The van der Waals surface area contributed by atoms with E-state index < -0.39 is 21.7 Å². The summed E-state index contributed by atoms with van der Waals surface area (Å²) >= 11 is 0. The smallest absolute Gasteiger partial charge is 0.263 e. The lowest BCUT2D eigenvalue weighted by atomic mass is 10.0. The minimum atomic E-state index is -4.04. The Kier molecular flexibility index (Phi) is 3.91. The molecule has 2 heterocycles. The fourth-order valence-electron chi connectivity index (χ4n) is 3.05. The second-order valence-electron chi connectivity index (χ2n) is 5.83. The van der Waals surface area contributed by atoms with Gasteiger partial charge in [-0.15, -0.1) is 5.10 Å². The SMILES string of the molecule is O=S(=O)(c1cccc(-n2cnnn2)c1)N1CCCc2cc(F)cc(F)c21. The lowest BCUT2D eigenvalue weighted by Crippen LogP contribution is -2.36. The predicted molar refractivity (Wildman–Crippen MR) is 88.4 cm³/mol. The van der Waals surface area contributed by atoms with Crippen LogP contribution in [0.2, 0.25) is 0 Å². The van der Waals surface area contributed by atoms with Crippen molar-refractivity contribution in [2.75, 3.05) is 10.8 Å². The largest absolute Gasteiger partial charge is 0.264 e. The molecular formula is C16H13F2N5O2S. The van der Waals surface area contributed by atoms with Crippen LogP contribution in [0.1, 0.15) is 12.0 Å². The van der Waals surface area contributed by atoms with E-state index in [-0.39, 0.29) is 17.1 Å². The van der Waals surface area contributed by atoms with Crippen LogP contribution >= 0.6 is 0 Å². The molecule has 0 unspecified atom stereocenters. The normalized spacial score (nSPS) is 14.3. The van der Waals surface area contributed by atoms with Crippen molar-refractivity contribution in [1.82, 2.24) is 20.2 Å². The summed E-state index contributed by atoms with van der Waals surface area (Å²) in [6.07, 6.45) is 2.23. The number of anilines is 1. The van der Waals surface area contributed by atoms with Gasteiger partial charge in [0.25, 0.3) is 10.0 Å². The van der Waals surface area contributed by atoms with Gasteiger partial charge in [-0.3, -0.25) is 4.31 Å². The third-order valence-electron chi connectivity index (χ3n) is 4.18. The van der Waals surface area contributed by atoms with Crippen LogP contribution in [0.25, 0.3) is 5.69 Å². The minimum Gasteiger partial charge on any atom is -0.263 e. The summed E-state index contributed by atoms with van der Waals surface area (Å²) < 4.78 is 56.4. The monoisotopic (exact) mass is 377 g/mol. The Balaban J connectivity index is 1.81. The molecule has 7 nitrogen and oxygen atoms in total. The molecule has 0 saturated heterocycles. The van der Waals surface area contributed by atoms with E-state index in [0.717, 1.165) is 4.31 Å². The van der Waals surface area contributed by atoms with Crippen molar-refractivity contribution in [1.29, 1.82) is 0 Å². The third-order valence-corrected chi connectivity index (χ3v) is 5.98. The number of fused-ring (bicyclic) bond motifs is 1. The number of halogens is 2. The average molecular weight is 377 g/mol. The number of hydrogen-bond donors (Lipinski definition) is 0. The molecule has 0 radical (unpaired) electrons. The first-order valence-electron chi connectivity index (χ1n) is 7.81. The van der Waals surface area contributed by atoms with E-state index in [4.69, 9.17) is 0 Å². The van der Waals surface area contributed by atoms with Gasteiger partial charge in [-0.25, -0.2) is 21.9 Å². The van der Waals surface area contributed by atoms with Crippen molar-refractivity contribution in [2.24, 2.45) is 0 Å². The number of sulfonamides is 1. The van der Waals surface area contributed by atoms with Crippen molar-refractivity contribution >= 4 is 15.7 Å². The summed E-state index contributed by atoms with van der Waals surface area (Å²) in [7, 11) is -4.04. The molecule has 0 saturated carbocycles. The van der Waals surface area contributed by atoms with Crippen LogP contribution < -0.4 is 4.31 Å². The van der Waals surface area contributed by atoms with Gasteiger partial charge in [-0.05, 0) is 53.1 Å². The Morgan fingerprint density at radius 2 is 1.96 bits per heavy atom. The first-order chi connectivity index (χ1) is 12.5. The van der Waals surface area contributed by atoms with Gasteiger partial charge in [-0.2, -0.15) is 0 Å². The van der Waals surface area contributed by atoms with Gasteiger partial charge in [0.05, 0.1) is 16.3 Å². The quantitative estimate of drug-likeness (QED) is 0.698. The Labute approximate surface area is 147 Å². The summed E-state index contributed by atoms with van der Waals surface area (Å²) in [5.74, 6) is -1.61. The van der Waals surface area contributed by atoms with Crippen molar-refractivity contribution < 1.29 is 17.2 Å². The summed E-state index contributed by atoms with van der Waals surface area (Å²) in [6.45, 7) is 0.118. The zero-order valence-electron chi connectivity index (χ0n) is 13.4. The Hall–Kier alpha value is -2.88. The van der Waals surface area contributed by atoms with Crippen LogP contribution in [0.4, 0.5) is 14.5 Å². The molecular weight excluding hydrogens is 364 g/mol. The van der Waals surface area contributed by atoms with Crippen LogP contribution in [0.15, 0.2) is 47.6 Å². The Morgan fingerprint density at radius 3 is 2.73 bits per heavy atom. The number of aromatic nitrogens is 4. The maximum atomic E-state index is 14.4. The summed E-state index contributed by atoms with van der Waals surface area (Å²) in [5.41, 5.74) is 0.701. The van der Waals surface area contributed by atoms with Crippen molar-refractivity contribution in [2.45, 2.75) is 17.7 Å². The summed E-state index contributed by atoms with van der Waals surface area (Å²) in [5, 5.41) is 10.8. The fraction of sp³-hybridized carbons (Fsp3) is 0.188. The molecule has 1 aliphatic rings. The Morgan fingerprint density at radius 1 is 1.12 bits per heavy atom. The highest BCUT2D eigenvalue weighted by Crippen LogP contribution is 2.35. The van der Waals surface area contributed by atoms with E-state index in [1.165, 1.54) is 29.2 Å². The van der Waals surface area contributed by atoms with E-state index in [2.05, 4.69) is 15.5 Å². The number of rotatable bonds is 3. The fourth-order valence-corrected chi connectivity index (χ4v) is 4.64. The first-order valence-corrected chi connectivity index (χ1v) is 9.25. The molecule has 1 aromatic heterocycles. The molecule has 0 N–H and O–H groups in total. The highest BCUT2D eigenvalue weighted by atomic mass is 32.2. The molecule has 2 aromatic carbocycles. The van der Waals surface area contributed by atoms with Crippen LogP contribution in [0.3, 0.4) is 0 Å². The topological polar surface area (TPSA) is 81.0 Å². The highest BCUT2D eigenvalue weighted by Gasteiger charge is 2.32. The number of nitrogens with zero attached hydrogens (tertiary/aromatic N) is 5. The highest BCUT2D eigenvalue weighted by molar-refractivity contribution is 7.92. The van der Waals surface area contributed by atoms with E-state index >= 15 is 0 Å². The molecule has 1 aliphatic heterocycles. The predicted octanol–water partition coefficient (Wildman–Crippen LogP) is 2.08. The van der Waals surface area contributed by atoms with Gasteiger partial charge < -0.3 is 0 Å². The molecule has 0 bridgehead atoms. The average Bonchev–Trinajstić information content (AvgIpc) is 3.16. The molecule has 4 rings (SSSR count). The molecule has 10 heteroatoms. The van der Waals surface area contributed by atoms with Gasteiger partial charge >= 0.3 is 0 Å². The lowest BCUT2D eigenvalue weighted by Gasteiger charge is -2.30. The minimum absolute atomic E-state index is 0.0259. The number of benzene rings is 2. The van der Waals surface area contributed by atoms with Crippen LogP contribution in [-0.4, -0.2) is 35.2 Å². The number of hydrogen-bond acceptors (Lipinski definition) is 5. The zero-order chi connectivity index (χ0) is 18.3. The van der Waals surface area contributed by atoms with Gasteiger partial charge in [0.15, 0.2) is 5.82 Å². The molecule has 0 aliphatic carbocycles. The third kappa shape index (κ3) is 2.71. The standard InChI is InChI=1S/C16H13F2N5O2S/c17-12-7-11-3-2-6-23(16(11)15(18)8-12)26(24,25)14-5-1-4-13(9-14)22-10-19-20-21-22/h1,4-5,7-10H,2-3,6H2. The zero-order valence-corrected chi connectivity index (χ0v) is 14.2. The second kappa shape index (κ2) is 6.13. The molecule has 0 atom stereocenters. The molecule has 26 heavy (non-hydrogen) atoms.